The fourth-order valence-electron chi connectivity index (χ4n) is 3.80. The molecule has 0 aliphatic carbocycles. The van der Waals surface area contributed by atoms with Crippen LogP contribution in [0, 0.1) is 0 Å². The van der Waals surface area contributed by atoms with Gasteiger partial charge in [0.25, 0.3) is 0 Å². The topological polar surface area (TPSA) is 185 Å². The molecule has 218 valence electrons. The van der Waals surface area contributed by atoms with Crippen molar-refractivity contribution in [2.75, 3.05) is 24.7 Å². The molecule has 3 heterocycles. The molecule has 3 aromatic rings. The van der Waals surface area contributed by atoms with Gasteiger partial charge in [0.1, 0.15) is 24.0 Å². The molecule has 17 heteroatoms. The van der Waals surface area contributed by atoms with E-state index in [1.165, 1.54) is 17.8 Å². The number of carbonyl (C=O) groups is 1. The lowest BCUT2D eigenvalue weighted by atomic mass is 10.1. The smallest absolute Gasteiger partial charge is 0.365 e. The predicted molar refractivity (Wildman–Crippen MR) is 146 cm³/mol. The molecule has 4 rings (SSSR count). The summed E-state index contributed by atoms with van der Waals surface area (Å²) in [5.41, 5.74) is 6.29. The predicted octanol–water partition coefficient (Wildman–Crippen LogP) is 2.83. The number of hydrogen-bond acceptors (Lipinski definition) is 13. The van der Waals surface area contributed by atoms with Crippen molar-refractivity contribution in [2.24, 2.45) is 0 Å². The molecule has 6 atom stereocenters. The van der Waals surface area contributed by atoms with Gasteiger partial charge >= 0.3 is 12.7 Å². The summed E-state index contributed by atoms with van der Waals surface area (Å²) in [7, 11) is 1.62. The molecule has 1 fully saturated rings. The fourth-order valence-corrected chi connectivity index (χ4v) is 6.65. The number of fused-ring (bicyclic) bond motifs is 1. The number of halogens is 1. The van der Waals surface area contributed by atoms with E-state index in [4.69, 9.17) is 23.9 Å². The lowest BCUT2D eigenvalue weighted by Gasteiger charge is -2.24. The Morgan fingerprint density at radius 2 is 2.02 bits per heavy atom. The summed E-state index contributed by atoms with van der Waals surface area (Å²) in [6, 6.07) is 7.46. The van der Waals surface area contributed by atoms with E-state index in [1.807, 2.05) is 0 Å². The maximum Gasteiger partial charge on any atom is 0.365 e. The second-order valence-corrected chi connectivity index (χ2v) is 12.8. The first-order valence-corrected chi connectivity index (χ1v) is 15.3. The van der Waals surface area contributed by atoms with Gasteiger partial charge < -0.3 is 34.3 Å². The number of anilines is 2. The normalized spacial score (nSPS) is 23.2. The van der Waals surface area contributed by atoms with Gasteiger partial charge in [-0.25, -0.2) is 14.5 Å². The molecule has 5 N–H and O–H groups in total. The number of aliphatic hydroxyl groups excluding tert-OH is 1. The molecule has 1 saturated heterocycles. The van der Waals surface area contributed by atoms with Gasteiger partial charge in [-0.1, -0.05) is 18.2 Å². The van der Waals surface area contributed by atoms with E-state index in [9.17, 15) is 14.5 Å². The molecular weight excluding hydrogens is 568 g/mol. The van der Waals surface area contributed by atoms with Gasteiger partial charge in [-0.05, 0) is 32.9 Å². The summed E-state index contributed by atoms with van der Waals surface area (Å²) in [5, 5.41) is 16.1. The number of esters is 1. The Bertz CT molecular complexity index is 1370. The van der Waals surface area contributed by atoms with Crippen LogP contribution in [-0.4, -0.2) is 74.8 Å². The van der Waals surface area contributed by atoms with Crippen molar-refractivity contribution in [3.05, 3.63) is 36.7 Å². The van der Waals surface area contributed by atoms with Crippen molar-refractivity contribution < 1.29 is 37.0 Å². The summed E-state index contributed by atoms with van der Waals surface area (Å²) >= 11 is 0.464. The number of nitrogen functional groups attached to an aromatic ring is 1. The summed E-state index contributed by atoms with van der Waals surface area (Å²) in [6.45, 7) is 0.298. The monoisotopic (exact) mass is 599 g/mol. The van der Waals surface area contributed by atoms with Crippen LogP contribution in [0.25, 0.3) is 11.2 Å². The van der Waals surface area contributed by atoms with Crippen LogP contribution in [-0.2, 0) is 23.4 Å². The summed E-state index contributed by atoms with van der Waals surface area (Å²) < 4.78 is 52.4. The van der Waals surface area contributed by atoms with E-state index < -0.39 is 56.1 Å². The van der Waals surface area contributed by atoms with E-state index >= 15 is 4.39 Å². The van der Waals surface area contributed by atoms with Crippen LogP contribution in [0.15, 0.2) is 36.7 Å². The van der Waals surface area contributed by atoms with E-state index in [-0.39, 0.29) is 11.6 Å². The minimum atomic E-state index is -4.01. The largest absolute Gasteiger partial charge is 0.462 e. The quantitative estimate of drug-likeness (QED) is 0.135. The highest BCUT2D eigenvalue weighted by molar-refractivity contribution is 8.53. The SMILES string of the molecule is CNc1nc(N)nc2c1ncn2[C@@H]1O[C@H](COP(=O)(N[C@@H](C)C(=O)OC(C)C)SOc2ccccc2)[C@@H](O)[C@H]1F. The highest BCUT2D eigenvalue weighted by atomic mass is 32.7. The highest BCUT2D eigenvalue weighted by Gasteiger charge is 2.47. The van der Waals surface area contributed by atoms with Gasteiger partial charge in [-0.15, -0.1) is 0 Å². The Morgan fingerprint density at radius 1 is 1.30 bits per heavy atom. The molecule has 1 unspecified atom stereocenters. The molecule has 0 amide bonds. The minimum absolute atomic E-state index is 0.0694. The van der Waals surface area contributed by atoms with E-state index in [2.05, 4.69) is 25.4 Å². The van der Waals surface area contributed by atoms with Crippen LogP contribution >= 0.6 is 18.4 Å². The zero-order chi connectivity index (χ0) is 29.0. The number of nitrogens with zero attached hydrogens (tertiary/aromatic N) is 4. The third-order valence-corrected chi connectivity index (χ3v) is 8.78. The molecule has 1 aliphatic rings. The molecule has 0 bridgehead atoms. The number of benzene rings is 1. The first-order valence-electron chi connectivity index (χ1n) is 12.3. The zero-order valence-corrected chi connectivity index (χ0v) is 23.8. The van der Waals surface area contributed by atoms with Gasteiger partial charge in [0, 0.05) is 7.05 Å². The Kier molecular flexibility index (Phi) is 9.48. The zero-order valence-electron chi connectivity index (χ0n) is 22.1. The summed E-state index contributed by atoms with van der Waals surface area (Å²) in [5.74, 6) is -0.0113. The molecular formula is C23H31FN7O7PS. The number of nitrogens with one attached hydrogen (secondary N) is 2. The lowest BCUT2D eigenvalue weighted by Crippen LogP contribution is -2.36. The van der Waals surface area contributed by atoms with E-state index in [0.717, 1.165) is 0 Å². The first-order chi connectivity index (χ1) is 19.0. The average molecular weight is 600 g/mol. The molecule has 40 heavy (non-hydrogen) atoms. The van der Waals surface area contributed by atoms with Gasteiger partial charge in [0.15, 0.2) is 41.0 Å². The summed E-state index contributed by atoms with van der Waals surface area (Å²) in [4.78, 5) is 24.7. The lowest BCUT2D eigenvalue weighted by molar-refractivity contribution is -0.149. The minimum Gasteiger partial charge on any atom is -0.462 e. The van der Waals surface area contributed by atoms with Gasteiger partial charge in [0.2, 0.25) is 5.95 Å². The molecule has 0 spiro atoms. The number of para-hydroxylation sites is 1. The Labute approximate surface area is 233 Å². The van der Waals surface area contributed by atoms with Crippen LogP contribution in [0.1, 0.15) is 27.0 Å². The summed E-state index contributed by atoms with van der Waals surface area (Å²) in [6.07, 6.45) is -5.25. The molecule has 1 aromatic carbocycles. The number of imidazole rings is 1. The van der Waals surface area contributed by atoms with Crippen molar-refractivity contribution in [3.8, 4) is 5.75 Å². The Balaban J connectivity index is 1.50. The van der Waals surface area contributed by atoms with Gasteiger partial charge in [-0.3, -0.25) is 13.9 Å². The average Bonchev–Trinajstić information content (AvgIpc) is 3.46. The second-order valence-electron chi connectivity index (χ2n) is 9.11. The fraction of sp³-hybridized carbons (Fsp3) is 0.478. The van der Waals surface area contributed by atoms with Crippen molar-refractivity contribution in [3.63, 3.8) is 0 Å². The number of rotatable bonds is 12. The molecule has 2 aromatic heterocycles. The van der Waals surface area contributed by atoms with Gasteiger partial charge in [-0.2, -0.15) is 9.97 Å². The molecule has 0 saturated carbocycles. The molecule has 14 nitrogen and oxygen atoms in total. The van der Waals surface area contributed by atoms with Crippen molar-refractivity contribution in [2.45, 2.75) is 57.5 Å². The number of alkyl halides is 1. The molecule has 0 radical (unpaired) electrons. The highest BCUT2D eigenvalue weighted by Crippen LogP contribution is 2.57. The van der Waals surface area contributed by atoms with Crippen molar-refractivity contribution >= 4 is 47.3 Å². The second kappa shape index (κ2) is 12.7. The maximum absolute atomic E-state index is 15.3. The number of aromatic nitrogens is 4. The number of hydrogen-bond donors (Lipinski definition) is 4. The van der Waals surface area contributed by atoms with Crippen LogP contribution < -0.4 is 20.3 Å². The number of aliphatic hydroxyl groups is 1. The van der Waals surface area contributed by atoms with E-state index in [0.29, 0.717) is 28.7 Å². The number of nitrogens with two attached hydrogens (primary N) is 1. The first kappa shape index (κ1) is 30.0. The van der Waals surface area contributed by atoms with Crippen LogP contribution in [0.5, 0.6) is 5.75 Å². The third-order valence-electron chi connectivity index (χ3n) is 5.68. The van der Waals surface area contributed by atoms with Gasteiger partial charge in [0.05, 0.1) is 19.0 Å². The van der Waals surface area contributed by atoms with E-state index in [1.54, 1.807) is 51.2 Å². The number of ether oxygens (including phenoxy) is 2. The number of carbonyl (C=O) groups excluding carboxylic acids is 1. The third kappa shape index (κ3) is 6.82. The van der Waals surface area contributed by atoms with Crippen molar-refractivity contribution in [1.82, 2.24) is 24.6 Å². The maximum atomic E-state index is 15.3. The Morgan fingerprint density at radius 3 is 2.70 bits per heavy atom. The van der Waals surface area contributed by atoms with Crippen LogP contribution in [0.2, 0.25) is 0 Å². The van der Waals surface area contributed by atoms with Crippen LogP contribution in [0.3, 0.4) is 0 Å². The molecule has 1 aliphatic heterocycles. The Hall–Kier alpha value is -3.01. The van der Waals surface area contributed by atoms with Crippen LogP contribution in [0.4, 0.5) is 16.2 Å². The standard InChI is InChI=1S/C23H31FN7O7PS/c1-12(2)36-22(33)13(3)30-39(34,40-38-14-8-6-5-7-9-14)35-10-15-18(32)16(24)21(37-15)31-11-27-17-19(26-4)28-23(25)29-20(17)31/h5-9,11-13,15-16,18,21,32H,10H2,1-4H3,(H,30,34)(H3,25,26,28,29)/t13-,15+,16+,18+,21+,39?/m0/s1. The van der Waals surface area contributed by atoms with Crippen molar-refractivity contribution in [1.29, 1.82) is 0 Å².